The van der Waals surface area contributed by atoms with Crippen LogP contribution in [0.1, 0.15) is 21.5 Å². The van der Waals surface area contributed by atoms with E-state index in [4.69, 9.17) is 16.4 Å². The minimum absolute atomic E-state index is 0.259. The fourth-order valence-electron chi connectivity index (χ4n) is 2.23. The van der Waals surface area contributed by atoms with Gasteiger partial charge in [0.1, 0.15) is 6.07 Å². The fraction of sp³-hybridized carbons (Fsp3) is 0.111. The average Bonchev–Trinajstić information content (AvgIpc) is 2.58. The van der Waals surface area contributed by atoms with Crippen molar-refractivity contribution in [3.63, 3.8) is 0 Å². The number of para-hydroxylation sites is 2. The van der Waals surface area contributed by atoms with E-state index < -0.39 is 5.84 Å². The van der Waals surface area contributed by atoms with Crippen LogP contribution in [0.3, 0.4) is 0 Å². The van der Waals surface area contributed by atoms with Gasteiger partial charge < -0.3 is 11.1 Å². The summed E-state index contributed by atoms with van der Waals surface area (Å²) in [5, 5.41) is 22.8. The Bertz CT molecular complexity index is 874. The summed E-state index contributed by atoms with van der Waals surface area (Å²) in [6, 6.07) is 14.2. The van der Waals surface area contributed by atoms with Crippen molar-refractivity contribution in [1.29, 1.82) is 10.7 Å². The van der Waals surface area contributed by atoms with Crippen molar-refractivity contribution in [2.24, 2.45) is 10.8 Å². The largest absolute Gasteiger partial charge is 0.382 e. The van der Waals surface area contributed by atoms with E-state index >= 15 is 0 Å². The van der Waals surface area contributed by atoms with Crippen LogP contribution in [0.25, 0.3) is 0 Å². The minimum Gasteiger partial charge on any atom is -0.382 e. The number of hydrogen-bond donors (Lipinski definition) is 4. The highest BCUT2D eigenvalue weighted by Gasteiger charge is 2.13. The first-order valence-corrected chi connectivity index (χ1v) is 7.48. The number of hydrazone groups is 1. The molecule has 0 aromatic heterocycles. The van der Waals surface area contributed by atoms with E-state index in [0.29, 0.717) is 11.3 Å². The second-order valence-corrected chi connectivity index (χ2v) is 5.36. The van der Waals surface area contributed by atoms with Crippen molar-refractivity contribution in [3.8, 4) is 6.07 Å². The summed E-state index contributed by atoms with van der Waals surface area (Å²) < 4.78 is 0. The first kappa shape index (κ1) is 17.7. The molecule has 25 heavy (non-hydrogen) atoms. The highest BCUT2D eigenvalue weighted by Crippen LogP contribution is 2.22. The number of amidine groups is 1. The van der Waals surface area contributed by atoms with Gasteiger partial charge in [0.05, 0.1) is 11.3 Å². The molecule has 7 nitrogen and oxygen atoms in total. The molecule has 126 valence electrons. The molecule has 0 bridgehead atoms. The normalized spacial score (nSPS) is 10.7. The molecule has 0 unspecified atom stereocenters. The molecule has 0 aliphatic carbocycles. The van der Waals surface area contributed by atoms with Gasteiger partial charge in [0.25, 0.3) is 5.91 Å². The van der Waals surface area contributed by atoms with Crippen LogP contribution in [0, 0.1) is 30.6 Å². The van der Waals surface area contributed by atoms with Gasteiger partial charge in [0.2, 0.25) is 5.71 Å². The molecule has 0 fully saturated rings. The van der Waals surface area contributed by atoms with E-state index in [1.807, 2.05) is 32.0 Å². The summed E-state index contributed by atoms with van der Waals surface area (Å²) in [6.45, 7) is 3.84. The molecule has 5 N–H and O–H groups in total. The molecule has 0 aliphatic heterocycles. The maximum Gasteiger partial charge on any atom is 0.257 e. The lowest BCUT2D eigenvalue weighted by Crippen LogP contribution is -2.22. The number of nitriles is 1. The summed E-state index contributed by atoms with van der Waals surface area (Å²) in [6.07, 6.45) is 0. The van der Waals surface area contributed by atoms with Gasteiger partial charge >= 0.3 is 0 Å². The molecule has 0 heterocycles. The molecule has 2 aromatic rings. The highest BCUT2D eigenvalue weighted by molar-refractivity contribution is 6.45. The topological polar surface area (TPSA) is 127 Å². The van der Waals surface area contributed by atoms with Gasteiger partial charge in [-0.3, -0.25) is 15.6 Å². The van der Waals surface area contributed by atoms with Crippen molar-refractivity contribution in [3.05, 3.63) is 59.2 Å². The van der Waals surface area contributed by atoms with Crippen LogP contribution in [0.4, 0.5) is 11.4 Å². The highest BCUT2D eigenvalue weighted by atomic mass is 16.1. The molecule has 2 aromatic carbocycles. The number of nitrogens with two attached hydrogens (primary N) is 1. The third-order valence-electron chi connectivity index (χ3n) is 3.54. The second kappa shape index (κ2) is 7.75. The standard InChI is InChI=1S/C18H18N6O/c1-11-6-5-7-12(2)16(11)22-18(25)13-8-3-4-9-14(13)23-24-15(10-19)17(20)21/h3-9,23H,1-2H3,(H3,20,21)(H,22,25)/b24-15+. The Kier molecular flexibility index (Phi) is 5.48. The number of anilines is 2. The first-order valence-electron chi connectivity index (χ1n) is 7.48. The molecule has 1 amide bonds. The Balaban J connectivity index is 2.30. The summed E-state index contributed by atoms with van der Waals surface area (Å²) >= 11 is 0. The van der Waals surface area contributed by atoms with Gasteiger partial charge in [-0.15, -0.1) is 0 Å². The predicted octanol–water partition coefficient (Wildman–Crippen LogP) is 2.78. The lowest BCUT2D eigenvalue weighted by Gasteiger charge is -2.13. The molecule has 0 spiro atoms. The van der Waals surface area contributed by atoms with Gasteiger partial charge in [-0.1, -0.05) is 30.3 Å². The molecule has 7 heteroatoms. The molecule has 2 rings (SSSR count). The van der Waals surface area contributed by atoms with E-state index in [1.165, 1.54) is 0 Å². The molecular weight excluding hydrogens is 316 g/mol. The molecule has 0 atom stereocenters. The Hall–Kier alpha value is -3.66. The summed E-state index contributed by atoms with van der Waals surface area (Å²) in [7, 11) is 0. The average molecular weight is 334 g/mol. The third kappa shape index (κ3) is 4.20. The van der Waals surface area contributed by atoms with Crippen LogP contribution < -0.4 is 16.5 Å². The smallest absolute Gasteiger partial charge is 0.257 e. The summed E-state index contributed by atoms with van der Waals surface area (Å²) in [4.78, 5) is 12.7. The fourth-order valence-corrected chi connectivity index (χ4v) is 2.23. The number of rotatable bonds is 5. The van der Waals surface area contributed by atoms with E-state index in [1.54, 1.807) is 30.3 Å². The molecule has 0 saturated carbocycles. The maximum absolute atomic E-state index is 12.7. The Morgan fingerprint density at radius 1 is 1.16 bits per heavy atom. The van der Waals surface area contributed by atoms with Gasteiger partial charge in [-0.05, 0) is 37.1 Å². The van der Waals surface area contributed by atoms with Gasteiger partial charge in [-0.25, -0.2) is 0 Å². The van der Waals surface area contributed by atoms with Crippen LogP contribution in [0.5, 0.6) is 0 Å². The molecule has 0 radical (unpaired) electrons. The number of hydrogen-bond acceptors (Lipinski definition) is 5. The van der Waals surface area contributed by atoms with Crippen LogP contribution in [-0.4, -0.2) is 17.5 Å². The number of nitrogens with zero attached hydrogens (tertiary/aromatic N) is 2. The number of nitrogens with one attached hydrogen (secondary N) is 3. The molecule has 0 aliphatic rings. The number of carbonyl (C=O) groups excluding carboxylic acids is 1. The Morgan fingerprint density at radius 3 is 2.40 bits per heavy atom. The Morgan fingerprint density at radius 2 is 1.80 bits per heavy atom. The van der Waals surface area contributed by atoms with Crippen molar-refractivity contribution in [1.82, 2.24) is 0 Å². The first-order chi connectivity index (χ1) is 11.9. The van der Waals surface area contributed by atoms with Crippen LogP contribution >= 0.6 is 0 Å². The Labute approximate surface area is 145 Å². The van der Waals surface area contributed by atoms with E-state index in [2.05, 4.69) is 15.8 Å². The lowest BCUT2D eigenvalue weighted by molar-refractivity contribution is 0.102. The summed E-state index contributed by atoms with van der Waals surface area (Å²) in [5.41, 5.74) is 11.1. The zero-order chi connectivity index (χ0) is 18.4. The number of benzene rings is 2. The third-order valence-corrected chi connectivity index (χ3v) is 3.54. The van der Waals surface area contributed by atoms with E-state index in [-0.39, 0.29) is 11.6 Å². The lowest BCUT2D eigenvalue weighted by atomic mass is 10.1. The van der Waals surface area contributed by atoms with Crippen LogP contribution in [0.15, 0.2) is 47.6 Å². The van der Waals surface area contributed by atoms with Crippen LogP contribution in [-0.2, 0) is 0 Å². The quantitative estimate of drug-likeness (QED) is 0.381. The van der Waals surface area contributed by atoms with Gasteiger partial charge in [0.15, 0.2) is 5.84 Å². The van der Waals surface area contributed by atoms with Crippen molar-refractivity contribution in [2.75, 3.05) is 10.7 Å². The van der Waals surface area contributed by atoms with E-state index in [0.717, 1.165) is 16.8 Å². The number of amides is 1. The summed E-state index contributed by atoms with van der Waals surface area (Å²) in [5.74, 6) is -0.760. The minimum atomic E-state index is -0.451. The van der Waals surface area contributed by atoms with Gasteiger partial charge in [0, 0.05) is 5.69 Å². The van der Waals surface area contributed by atoms with Crippen molar-refractivity contribution >= 4 is 28.8 Å². The van der Waals surface area contributed by atoms with E-state index in [9.17, 15) is 4.79 Å². The number of aryl methyl sites for hydroxylation is 2. The van der Waals surface area contributed by atoms with Crippen LogP contribution in [0.2, 0.25) is 0 Å². The zero-order valence-electron chi connectivity index (χ0n) is 13.9. The van der Waals surface area contributed by atoms with Gasteiger partial charge in [-0.2, -0.15) is 10.4 Å². The maximum atomic E-state index is 12.7. The predicted molar refractivity (Wildman–Crippen MR) is 98.9 cm³/mol. The van der Waals surface area contributed by atoms with Crippen molar-refractivity contribution < 1.29 is 4.79 Å². The monoisotopic (exact) mass is 334 g/mol. The second-order valence-electron chi connectivity index (χ2n) is 5.36. The zero-order valence-corrected chi connectivity index (χ0v) is 13.9. The molecule has 0 saturated heterocycles. The molecular formula is C18H18N6O. The SMILES string of the molecule is Cc1cccc(C)c1NC(=O)c1ccccc1N/N=C(\C#N)C(=N)N. The van der Waals surface area contributed by atoms with Crippen molar-refractivity contribution in [2.45, 2.75) is 13.8 Å². The number of carbonyl (C=O) groups is 1.